The molecule has 2 heterocycles. The Labute approximate surface area is 138 Å². The molecule has 1 aliphatic heterocycles. The number of hydrogen-bond donors (Lipinski definition) is 0. The fourth-order valence-corrected chi connectivity index (χ4v) is 3.27. The molecule has 1 amide bonds. The van der Waals surface area contributed by atoms with E-state index in [1.54, 1.807) is 4.90 Å². The summed E-state index contributed by atoms with van der Waals surface area (Å²) in [7, 11) is 0. The predicted molar refractivity (Wildman–Crippen MR) is 83.2 cm³/mol. The van der Waals surface area contributed by atoms with E-state index in [1.807, 2.05) is 0 Å². The summed E-state index contributed by atoms with van der Waals surface area (Å²) in [5.41, 5.74) is 0.0754. The van der Waals surface area contributed by atoms with Gasteiger partial charge in [-0.3, -0.25) is 4.79 Å². The largest absolute Gasteiger partial charge is 0.334 e. The highest BCUT2D eigenvalue weighted by molar-refractivity contribution is 6.52. The Hall–Kier alpha value is -0.220. The highest BCUT2D eigenvalue weighted by Crippen LogP contribution is 2.37. The highest BCUT2D eigenvalue weighted by atomic mass is 35.5. The minimum atomic E-state index is -0.234. The third kappa shape index (κ3) is 3.01. The van der Waals surface area contributed by atoms with Crippen LogP contribution in [0.3, 0.4) is 0 Å². The molecule has 20 heavy (non-hydrogen) atoms. The second-order valence-corrected chi connectivity index (χ2v) is 6.24. The zero-order valence-corrected chi connectivity index (χ0v) is 14.0. The van der Waals surface area contributed by atoms with Gasteiger partial charge in [-0.25, -0.2) is 4.98 Å². The number of nitrogens with zero attached hydrogens (tertiary/aromatic N) is 2. The van der Waals surface area contributed by atoms with Gasteiger partial charge >= 0.3 is 0 Å². The number of piperidine rings is 1. The van der Waals surface area contributed by atoms with Gasteiger partial charge in [0.25, 0.3) is 5.91 Å². The first-order chi connectivity index (χ1) is 9.47. The number of carbonyl (C=O) groups excluding carboxylic acids is 1. The van der Waals surface area contributed by atoms with E-state index >= 15 is 0 Å². The van der Waals surface area contributed by atoms with Crippen LogP contribution >= 0.6 is 46.4 Å². The molecule has 1 atom stereocenters. The first-order valence-corrected chi connectivity index (χ1v) is 7.99. The quantitative estimate of drug-likeness (QED) is 0.691. The lowest BCUT2D eigenvalue weighted by Gasteiger charge is -2.35. The fourth-order valence-electron chi connectivity index (χ4n) is 2.46. The number of carbonyl (C=O) groups is 1. The van der Waals surface area contributed by atoms with Crippen molar-refractivity contribution in [2.75, 3.05) is 6.54 Å². The zero-order chi connectivity index (χ0) is 14.9. The minimum Gasteiger partial charge on any atom is -0.334 e. The Kier molecular flexibility index (Phi) is 5.41. The van der Waals surface area contributed by atoms with Gasteiger partial charge in [0, 0.05) is 12.6 Å². The van der Waals surface area contributed by atoms with Crippen molar-refractivity contribution in [2.45, 2.75) is 38.6 Å². The van der Waals surface area contributed by atoms with E-state index in [-0.39, 0.29) is 37.9 Å². The van der Waals surface area contributed by atoms with Gasteiger partial charge in [-0.15, -0.1) is 0 Å². The fraction of sp³-hybridized carbons (Fsp3) is 0.538. The molecule has 110 valence electrons. The first kappa shape index (κ1) is 16.2. The monoisotopic (exact) mass is 354 g/mol. The summed E-state index contributed by atoms with van der Waals surface area (Å²) in [6, 6.07) is 0.211. The summed E-state index contributed by atoms with van der Waals surface area (Å²) in [5, 5.41) is 0.197. The molecule has 1 unspecified atom stereocenters. The number of aromatic nitrogens is 1. The van der Waals surface area contributed by atoms with Crippen LogP contribution in [-0.4, -0.2) is 28.4 Å². The maximum atomic E-state index is 12.6. The minimum absolute atomic E-state index is 0.00512. The van der Waals surface area contributed by atoms with E-state index < -0.39 is 0 Å². The lowest BCUT2D eigenvalue weighted by molar-refractivity contribution is 0.0602. The van der Waals surface area contributed by atoms with E-state index in [2.05, 4.69) is 11.9 Å². The van der Waals surface area contributed by atoms with Crippen molar-refractivity contribution in [2.24, 2.45) is 0 Å². The summed E-state index contributed by atoms with van der Waals surface area (Å²) in [6.45, 7) is 2.76. The van der Waals surface area contributed by atoms with E-state index in [1.165, 1.54) is 0 Å². The maximum absolute atomic E-state index is 12.6. The number of pyridine rings is 1. The van der Waals surface area contributed by atoms with Crippen LogP contribution in [0.15, 0.2) is 0 Å². The number of halogens is 4. The summed E-state index contributed by atoms with van der Waals surface area (Å²) >= 11 is 23.8. The number of rotatable bonds is 2. The average Bonchev–Trinajstić information content (AvgIpc) is 2.48. The summed E-state index contributed by atoms with van der Waals surface area (Å²) in [4.78, 5) is 18.4. The van der Waals surface area contributed by atoms with E-state index in [9.17, 15) is 4.79 Å². The number of hydrogen-bond acceptors (Lipinski definition) is 2. The molecule has 0 saturated carbocycles. The molecule has 1 aromatic heterocycles. The standard InChI is InChI=1S/C13H14Cl4N2O/c1-2-7-5-3-4-6-19(7)13(20)11-9(15)8(14)10(16)12(17)18-11/h7H,2-6H2,1H3. The Balaban J connectivity index is 2.38. The van der Waals surface area contributed by atoms with Crippen LogP contribution in [0.2, 0.25) is 20.2 Å². The van der Waals surface area contributed by atoms with Crippen molar-refractivity contribution >= 4 is 52.3 Å². The molecule has 1 aliphatic rings. The highest BCUT2D eigenvalue weighted by Gasteiger charge is 2.30. The molecular weight excluding hydrogens is 342 g/mol. The second-order valence-electron chi connectivity index (χ2n) is 4.75. The summed E-state index contributed by atoms with van der Waals surface area (Å²) in [5.74, 6) is -0.234. The van der Waals surface area contributed by atoms with Crippen LogP contribution in [0.5, 0.6) is 0 Å². The lowest BCUT2D eigenvalue weighted by Crippen LogP contribution is -2.43. The maximum Gasteiger partial charge on any atom is 0.274 e. The van der Waals surface area contributed by atoms with Gasteiger partial charge in [-0.05, 0) is 25.7 Å². The number of amides is 1. The zero-order valence-electron chi connectivity index (χ0n) is 10.9. The predicted octanol–water partition coefficient (Wildman–Crippen LogP) is 5.10. The van der Waals surface area contributed by atoms with Crippen LogP contribution in [0, 0.1) is 0 Å². The van der Waals surface area contributed by atoms with Gasteiger partial charge in [0.15, 0.2) is 0 Å². The van der Waals surface area contributed by atoms with Gasteiger partial charge in [-0.1, -0.05) is 53.3 Å². The Morgan fingerprint density at radius 2 is 1.90 bits per heavy atom. The van der Waals surface area contributed by atoms with Gasteiger partial charge < -0.3 is 4.90 Å². The third-order valence-electron chi connectivity index (χ3n) is 3.55. The van der Waals surface area contributed by atoms with Crippen molar-refractivity contribution in [3.63, 3.8) is 0 Å². The smallest absolute Gasteiger partial charge is 0.274 e. The third-order valence-corrected chi connectivity index (χ3v) is 5.22. The second kappa shape index (κ2) is 6.69. The molecule has 2 rings (SSSR count). The van der Waals surface area contributed by atoms with Crippen LogP contribution in [0.1, 0.15) is 43.1 Å². The van der Waals surface area contributed by atoms with Crippen molar-refractivity contribution in [1.29, 1.82) is 0 Å². The Morgan fingerprint density at radius 3 is 2.55 bits per heavy atom. The lowest BCUT2D eigenvalue weighted by atomic mass is 9.99. The van der Waals surface area contributed by atoms with Crippen molar-refractivity contribution in [3.8, 4) is 0 Å². The summed E-state index contributed by atoms with van der Waals surface area (Å²) in [6.07, 6.45) is 4.01. The van der Waals surface area contributed by atoms with E-state index in [0.29, 0.717) is 6.54 Å². The Morgan fingerprint density at radius 1 is 1.20 bits per heavy atom. The molecule has 1 saturated heterocycles. The van der Waals surface area contributed by atoms with Gasteiger partial charge in [0.05, 0.1) is 15.1 Å². The van der Waals surface area contributed by atoms with E-state index in [4.69, 9.17) is 46.4 Å². The van der Waals surface area contributed by atoms with Gasteiger partial charge in [0.2, 0.25) is 0 Å². The SMILES string of the molecule is CCC1CCCCN1C(=O)c1nc(Cl)c(Cl)c(Cl)c1Cl. The summed E-state index contributed by atoms with van der Waals surface area (Å²) < 4.78 is 0. The van der Waals surface area contributed by atoms with Crippen LogP contribution < -0.4 is 0 Å². The van der Waals surface area contributed by atoms with E-state index in [0.717, 1.165) is 25.7 Å². The molecule has 7 heteroatoms. The average molecular weight is 356 g/mol. The normalized spacial score (nSPS) is 19.2. The van der Waals surface area contributed by atoms with Crippen molar-refractivity contribution in [1.82, 2.24) is 9.88 Å². The number of likely N-dealkylation sites (tertiary alicyclic amines) is 1. The molecule has 0 aromatic carbocycles. The molecule has 0 aliphatic carbocycles. The van der Waals surface area contributed by atoms with Crippen LogP contribution in [0.25, 0.3) is 0 Å². The van der Waals surface area contributed by atoms with Crippen LogP contribution in [-0.2, 0) is 0 Å². The molecule has 0 N–H and O–H groups in total. The van der Waals surface area contributed by atoms with Crippen molar-refractivity contribution in [3.05, 3.63) is 25.9 Å². The molecule has 0 radical (unpaired) electrons. The topological polar surface area (TPSA) is 33.2 Å². The van der Waals surface area contributed by atoms with Gasteiger partial charge in [-0.2, -0.15) is 0 Å². The van der Waals surface area contributed by atoms with Gasteiger partial charge in [0.1, 0.15) is 10.8 Å². The molecule has 0 spiro atoms. The Bertz CT molecular complexity index is 536. The molecule has 1 aromatic rings. The molecule has 1 fully saturated rings. The van der Waals surface area contributed by atoms with Crippen molar-refractivity contribution < 1.29 is 4.79 Å². The molecular formula is C13H14Cl4N2O. The first-order valence-electron chi connectivity index (χ1n) is 6.48. The molecule has 0 bridgehead atoms. The molecule has 3 nitrogen and oxygen atoms in total. The van der Waals surface area contributed by atoms with Crippen LogP contribution in [0.4, 0.5) is 0 Å².